The Balaban J connectivity index is 0.000000157. The number of halogens is 1. The molecule has 0 saturated carbocycles. The minimum Gasteiger partial charge on any atom is -0.398 e. The van der Waals surface area contributed by atoms with Gasteiger partial charge in [-0.3, -0.25) is 0 Å². The van der Waals surface area contributed by atoms with Gasteiger partial charge in [-0.05, 0) is 87.1 Å². The number of hydrogen-bond donors (Lipinski definition) is 4. The van der Waals surface area contributed by atoms with Gasteiger partial charge in [0.1, 0.15) is 22.3 Å². The molecule has 4 aromatic heterocycles. The van der Waals surface area contributed by atoms with Crippen LogP contribution in [0.1, 0.15) is 44.5 Å². The van der Waals surface area contributed by atoms with Crippen LogP contribution in [0.25, 0.3) is 22.1 Å². The van der Waals surface area contributed by atoms with Crippen molar-refractivity contribution >= 4 is 62.8 Å². The summed E-state index contributed by atoms with van der Waals surface area (Å²) >= 11 is 6.03. The Bertz CT molecular complexity index is 2530. The van der Waals surface area contributed by atoms with Gasteiger partial charge in [-0.2, -0.15) is 15.0 Å². The first-order valence-electron chi connectivity index (χ1n) is 18.0. The Labute approximate surface area is 327 Å². The molecule has 0 aliphatic heterocycles. The molecule has 11 heteroatoms. The molecule has 0 amide bonds. The van der Waals surface area contributed by atoms with Crippen LogP contribution in [0.2, 0.25) is 5.15 Å². The smallest absolute Gasteiger partial charge is 0.224 e. The van der Waals surface area contributed by atoms with E-state index in [0.717, 1.165) is 52.3 Å². The first-order valence-corrected chi connectivity index (χ1v) is 18.4. The molecule has 280 valence electrons. The lowest BCUT2D eigenvalue weighted by molar-refractivity contribution is 0.824. The molecular formula is C44H47ClN10. The van der Waals surface area contributed by atoms with Crippen LogP contribution in [-0.4, -0.2) is 29.1 Å². The molecule has 0 bridgehead atoms. The minimum atomic E-state index is 0.195. The van der Waals surface area contributed by atoms with E-state index in [2.05, 4.69) is 106 Å². The second-order valence-electron chi connectivity index (χ2n) is 13.8. The third kappa shape index (κ3) is 9.23. The number of nitrogen functional groups attached to an aromatic ring is 3. The predicted molar refractivity (Wildman–Crippen MR) is 229 cm³/mol. The zero-order valence-corrected chi connectivity index (χ0v) is 32.9. The van der Waals surface area contributed by atoms with E-state index >= 15 is 0 Å². The molecule has 4 heterocycles. The van der Waals surface area contributed by atoms with Crippen molar-refractivity contribution < 1.29 is 0 Å². The third-order valence-corrected chi connectivity index (χ3v) is 9.56. The number of benzene rings is 4. The number of fused-ring (bicyclic) bond motifs is 2. The van der Waals surface area contributed by atoms with E-state index in [1.165, 1.54) is 44.5 Å². The second-order valence-corrected chi connectivity index (χ2v) is 14.2. The number of aromatic nitrogens is 6. The fourth-order valence-corrected chi connectivity index (χ4v) is 6.96. The Morgan fingerprint density at radius 2 is 0.982 bits per heavy atom. The first-order chi connectivity index (χ1) is 26.4. The summed E-state index contributed by atoms with van der Waals surface area (Å²) in [6.45, 7) is 13.9. The third-order valence-electron chi connectivity index (χ3n) is 9.28. The molecular weight excluding hydrogens is 704 g/mol. The van der Waals surface area contributed by atoms with Gasteiger partial charge in [-0.1, -0.05) is 108 Å². The van der Waals surface area contributed by atoms with Crippen LogP contribution in [0, 0.1) is 41.5 Å². The number of nitrogens with zero attached hydrogens (tertiary/aromatic N) is 6. The summed E-state index contributed by atoms with van der Waals surface area (Å²) in [6, 6.07) is 32.9. The highest BCUT2D eigenvalue weighted by molar-refractivity contribution is 6.34. The van der Waals surface area contributed by atoms with Gasteiger partial charge in [-0.15, -0.1) is 0 Å². The molecule has 0 aliphatic rings. The van der Waals surface area contributed by atoms with Gasteiger partial charge < -0.3 is 31.7 Å². The molecule has 0 radical (unpaired) electrons. The molecule has 0 unspecified atom stereocenters. The van der Waals surface area contributed by atoms with Crippen LogP contribution < -0.4 is 22.5 Å². The van der Waals surface area contributed by atoms with Crippen molar-refractivity contribution in [3.63, 3.8) is 0 Å². The molecule has 4 aromatic carbocycles. The van der Waals surface area contributed by atoms with Crippen molar-refractivity contribution in [3.8, 4) is 0 Å². The first kappa shape index (κ1) is 38.3. The van der Waals surface area contributed by atoms with Crippen LogP contribution in [-0.2, 0) is 13.1 Å². The largest absolute Gasteiger partial charge is 0.398 e. The maximum Gasteiger partial charge on any atom is 0.224 e. The van der Waals surface area contributed by atoms with E-state index in [0.29, 0.717) is 5.15 Å². The number of nitrogens with one attached hydrogen (secondary N) is 1. The number of hydrogen-bond acceptors (Lipinski definition) is 8. The van der Waals surface area contributed by atoms with Crippen molar-refractivity contribution in [1.82, 2.24) is 29.1 Å². The molecule has 0 aliphatic carbocycles. The van der Waals surface area contributed by atoms with Gasteiger partial charge in [0, 0.05) is 36.9 Å². The monoisotopic (exact) mass is 750 g/mol. The van der Waals surface area contributed by atoms with Crippen LogP contribution >= 0.6 is 11.6 Å². The SMILES string of the molecule is Cc1cc(C)c(N)c(C)c1.Cc1cc(C)c(Nc2nc(N)nc3c2ccn3Cc2ccccc2)c(C)c1.Nc1nc(Cl)c2ccn(Cc3ccccc3)c2n1. The number of anilines is 5. The molecule has 7 N–H and O–H groups in total. The molecule has 10 nitrogen and oxygen atoms in total. The van der Waals surface area contributed by atoms with Crippen molar-refractivity contribution in [2.45, 2.75) is 54.6 Å². The molecule has 55 heavy (non-hydrogen) atoms. The van der Waals surface area contributed by atoms with Gasteiger partial charge in [-0.25, -0.2) is 4.98 Å². The summed E-state index contributed by atoms with van der Waals surface area (Å²) in [4.78, 5) is 17.1. The van der Waals surface area contributed by atoms with Gasteiger partial charge in [0.05, 0.1) is 10.8 Å². The summed E-state index contributed by atoms with van der Waals surface area (Å²) in [6.07, 6.45) is 3.98. The average Bonchev–Trinajstić information content (AvgIpc) is 3.74. The van der Waals surface area contributed by atoms with Crippen LogP contribution in [0.15, 0.2) is 109 Å². The standard InChI is InChI=1S/C22H23N5.C13H11ClN4.C9H13N/c1-14-11-15(2)19(16(3)12-14)24-20-18-9-10-27(21(18)26-22(23)25-20)13-17-7-5-4-6-8-17;14-11-10-6-7-18(12(10)17-13(15)16-11)8-9-4-2-1-3-5-9;1-6-4-7(2)9(10)8(3)5-6/h4-12H,13H2,1-3H3,(H3,23,24,25,26);1-7H,8H2,(H2,15,16,17);4-5H,10H2,1-3H3. The highest BCUT2D eigenvalue weighted by Gasteiger charge is 2.14. The van der Waals surface area contributed by atoms with Crippen LogP contribution in [0.4, 0.5) is 29.1 Å². The average molecular weight is 751 g/mol. The van der Waals surface area contributed by atoms with Crippen molar-refractivity contribution in [2.75, 3.05) is 22.5 Å². The zero-order valence-electron chi connectivity index (χ0n) is 32.1. The lowest BCUT2D eigenvalue weighted by atomic mass is 10.1. The van der Waals surface area contributed by atoms with Crippen molar-refractivity contribution in [3.05, 3.63) is 159 Å². The molecule has 0 saturated heterocycles. The summed E-state index contributed by atoms with van der Waals surface area (Å²) in [5.41, 5.74) is 30.6. The Morgan fingerprint density at radius 1 is 0.545 bits per heavy atom. The van der Waals surface area contributed by atoms with Gasteiger partial charge in [0.15, 0.2) is 0 Å². The minimum absolute atomic E-state index is 0.195. The normalized spacial score (nSPS) is 10.8. The van der Waals surface area contributed by atoms with Crippen LogP contribution in [0.5, 0.6) is 0 Å². The summed E-state index contributed by atoms with van der Waals surface area (Å²) < 4.78 is 4.11. The second kappa shape index (κ2) is 16.7. The Morgan fingerprint density at radius 3 is 1.49 bits per heavy atom. The summed E-state index contributed by atoms with van der Waals surface area (Å²) in [5, 5.41) is 5.66. The number of aryl methyl sites for hydroxylation is 6. The fraction of sp³-hybridized carbons (Fsp3) is 0.182. The van der Waals surface area contributed by atoms with Gasteiger partial charge in [0.25, 0.3) is 0 Å². The fourth-order valence-electron chi connectivity index (χ4n) is 6.72. The van der Waals surface area contributed by atoms with E-state index in [1.54, 1.807) is 0 Å². The lowest BCUT2D eigenvalue weighted by Gasteiger charge is -2.14. The van der Waals surface area contributed by atoms with E-state index in [-0.39, 0.29) is 11.9 Å². The Kier molecular flexibility index (Phi) is 11.7. The quantitative estimate of drug-likeness (QED) is 0.0969. The molecule has 8 rings (SSSR count). The topological polar surface area (TPSA) is 152 Å². The van der Waals surface area contributed by atoms with E-state index in [1.807, 2.05) is 79.3 Å². The Hall–Kier alpha value is -6.39. The van der Waals surface area contributed by atoms with E-state index in [4.69, 9.17) is 28.8 Å². The number of rotatable bonds is 6. The highest BCUT2D eigenvalue weighted by Crippen LogP contribution is 2.30. The maximum absolute atomic E-state index is 6.03. The van der Waals surface area contributed by atoms with Gasteiger partial charge >= 0.3 is 0 Å². The number of nitrogens with two attached hydrogens (primary N) is 3. The predicted octanol–water partition coefficient (Wildman–Crippen LogP) is 9.64. The molecule has 0 fully saturated rings. The van der Waals surface area contributed by atoms with Crippen molar-refractivity contribution in [1.29, 1.82) is 0 Å². The summed E-state index contributed by atoms with van der Waals surface area (Å²) in [5.74, 6) is 1.19. The van der Waals surface area contributed by atoms with Crippen molar-refractivity contribution in [2.24, 2.45) is 0 Å². The lowest BCUT2D eigenvalue weighted by Crippen LogP contribution is -2.05. The summed E-state index contributed by atoms with van der Waals surface area (Å²) in [7, 11) is 0. The van der Waals surface area contributed by atoms with Crippen LogP contribution in [0.3, 0.4) is 0 Å². The van der Waals surface area contributed by atoms with E-state index in [9.17, 15) is 0 Å². The molecule has 8 aromatic rings. The highest BCUT2D eigenvalue weighted by atomic mass is 35.5. The molecule has 0 spiro atoms. The zero-order chi connectivity index (χ0) is 39.2. The molecule has 0 atom stereocenters. The van der Waals surface area contributed by atoms with E-state index < -0.39 is 0 Å². The van der Waals surface area contributed by atoms with Gasteiger partial charge in [0.2, 0.25) is 11.9 Å². The maximum atomic E-state index is 6.03.